The van der Waals surface area contributed by atoms with Crippen LogP contribution in [0.1, 0.15) is 81.3 Å². The topological polar surface area (TPSA) is 119 Å². The van der Waals surface area contributed by atoms with Crippen molar-refractivity contribution in [1.29, 1.82) is 0 Å². The number of aryl methyl sites for hydroxylation is 1. The summed E-state index contributed by atoms with van der Waals surface area (Å²) in [5, 5.41) is 22.1. The van der Waals surface area contributed by atoms with Gasteiger partial charge in [-0.25, -0.2) is 13.1 Å². The SMILES string of the molecule is CC(C)N(CCO)C[C@]1(O)/C=C/C[C@H](C)[C@@H](C)S(=O)(=O)NC(=O)c2ccc3c(c2)N(CCCCc2cc(Cl)ccc2CO3)C[C@@H]2CC[C@H]21. The number of carbonyl (C=O) groups is 1. The van der Waals surface area contributed by atoms with E-state index >= 15 is 0 Å². The predicted molar refractivity (Wildman–Crippen MR) is 191 cm³/mol. The first-order valence-corrected chi connectivity index (χ1v) is 19.3. The number of carbonyl (C=O) groups excluding carboxylic acids is 1. The van der Waals surface area contributed by atoms with Crippen LogP contribution >= 0.6 is 11.6 Å². The number of amides is 1. The Morgan fingerprint density at radius 2 is 1.92 bits per heavy atom. The summed E-state index contributed by atoms with van der Waals surface area (Å²) in [5.41, 5.74) is 2.02. The molecule has 3 aliphatic rings. The van der Waals surface area contributed by atoms with Gasteiger partial charge in [-0.2, -0.15) is 0 Å². The summed E-state index contributed by atoms with van der Waals surface area (Å²) in [7, 11) is -4.00. The predicted octanol–water partition coefficient (Wildman–Crippen LogP) is 5.57. The Morgan fingerprint density at radius 1 is 1.12 bits per heavy atom. The van der Waals surface area contributed by atoms with Crippen LogP contribution < -0.4 is 14.4 Å². The molecule has 2 aromatic rings. The van der Waals surface area contributed by atoms with E-state index in [0.717, 1.165) is 48.9 Å². The normalized spacial score (nSPS) is 28.7. The van der Waals surface area contributed by atoms with Gasteiger partial charge in [0.15, 0.2) is 0 Å². The Hall–Kier alpha value is -2.63. The molecule has 5 atom stereocenters. The number of hydrogen-bond acceptors (Lipinski definition) is 8. The molecule has 2 aliphatic heterocycles. The fourth-order valence-corrected chi connectivity index (χ4v) is 8.82. The first kappa shape index (κ1) is 36.6. The first-order chi connectivity index (χ1) is 22.8. The van der Waals surface area contributed by atoms with Crippen LogP contribution in [-0.2, 0) is 23.1 Å². The minimum atomic E-state index is -4.00. The van der Waals surface area contributed by atoms with Crippen LogP contribution in [0.3, 0.4) is 0 Å². The van der Waals surface area contributed by atoms with E-state index in [2.05, 4.69) is 28.4 Å². The van der Waals surface area contributed by atoms with Crippen LogP contribution in [0.2, 0.25) is 5.02 Å². The quantitative estimate of drug-likeness (QED) is 0.347. The third-order valence-electron chi connectivity index (χ3n) is 10.8. The minimum absolute atomic E-state index is 0.00678. The number of aliphatic hydroxyl groups is 2. The van der Waals surface area contributed by atoms with Gasteiger partial charge < -0.3 is 19.8 Å². The Morgan fingerprint density at radius 3 is 2.62 bits per heavy atom. The Kier molecular flexibility index (Phi) is 11.8. The molecule has 1 saturated carbocycles. The fourth-order valence-electron chi connectivity index (χ4n) is 7.34. The van der Waals surface area contributed by atoms with Crippen LogP contribution in [0, 0.1) is 17.8 Å². The first-order valence-electron chi connectivity index (χ1n) is 17.4. The van der Waals surface area contributed by atoms with Crippen LogP contribution in [-0.4, -0.2) is 79.1 Å². The molecule has 2 aromatic carbocycles. The molecule has 3 N–H and O–H groups in total. The number of fused-ring (bicyclic) bond motifs is 3. The summed E-state index contributed by atoms with van der Waals surface area (Å²) in [6, 6.07) is 11.1. The zero-order chi connectivity index (χ0) is 34.6. The summed E-state index contributed by atoms with van der Waals surface area (Å²) >= 11 is 6.35. The smallest absolute Gasteiger partial charge is 0.264 e. The van der Waals surface area contributed by atoms with Crippen LogP contribution in [0.5, 0.6) is 5.75 Å². The van der Waals surface area contributed by atoms with Gasteiger partial charge >= 0.3 is 0 Å². The van der Waals surface area contributed by atoms with Crippen molar-refractivity contribution in [2.24, 2.45) is 17.8 Å². The number of halogens is 1. The number of allylic oxidation sites excluding steroid dienone is 1. The molecule has 1 amide bonds. The zero-order valence-electron chi connectivity index (χ0n) is 28.7. The van der Waals surface area contributed by atoms with Crippen molar-refractivity contribution in [3.63, 3.8) is 0 Å². The van der Waals surface area contributed by atoms with E-state index in [1.54, 1.807) is 25.1 Å². The maximum Gasteiger partial charge on any atom is 0.264 e. The van der Waals surface area contributed by atoms with Gasteiger partial charge in [-0.1, -0.05) is 36.7 Å². The summed E-state index contributed by atoms with van der Waals surface area (Å²) in [6.07, 6.45) is 8.68. The lowest BCUT2D eigenvalue weighted by Crippen LogP contribution is -2.56. The summed E-state index contributed by atoms with van der Waals surface area (Å²) in [4.78, 5) is 17.8. The lowest BCUT2D eigenvalue weighted by molar-refractivity contribution is -0.0705. The second kappa shape index (κ2) is 15.5. The second-order valence-electron chi connectivity index (χ2n) is 14.3. The standard InChI is InChI=1S/C37H52ClN3O6S/c1-25(2)41(18-19-42)24-37(44)16-7-8-26(3)27(4)48(45,46)39-36(43)29-12-15-35-34(21-29)40(22-30-11-14-33(30)37)17-6-5-9-28-20-32(38)13-10-31(28)23-47-35/h7,10,12-13,15-16,20-21,25-27,30,33,42,44H,5-6,8-9,11,14,17-19,22-24H2,1-4H3,(H,39,43)/b16-7+/t26-,27+,30-,33+,37+/m0/s1. The lowest BCUT2D eigenvalue weighted by Gasteiger charge is -2.50. The van der Waals surface area contributed by atoms with Gasteiger partial charge in [-0.05, 0) is 119 Å². The molecule has 0 saturated heterocycles. The maximum atomic E-state index is 13.5. The van der Waals surface area contributed by atoms with E-state index in [0.29, 0.717) is 50.0 Å². The Bertz CT molecular complexity index is 1580. The van der Waals surface area contributed by atoms with Gasteiger partial charge in [0.2, 0.25) is 10.0 Å². The van der Waals surface area contributed by atoms with Crippen molar-refractivity contribution in [3.05, 3.63) is 70.3 Å². The number of nitrogens with one attached hydrogen (secondary N) is 1. The fraction of sp³-hybridized carbons (Fsp3) is 0.595. The molecule has 0 radical (unpaired) electrons. The van der Waals surface area contributed by atoms with E-state index in [1.165, 1.54) is 0 Å². The van der Waals surface area contributed by atoms with Crippen LogP contribution in [0.25, 0.3) is 0 Å². The number of aliphatic hydroxyl groups excluding tert-OH is 1. The average molecular weight is 702 g/mol. The molecule has 1 aliphatic carbocycles. The number of sulfonamides is 1. The highest BCUT2D eigenvalue weighted by molar-refractivity contribution is 7.90. The maximum absolute atomic E-state index is 13.5. The van der Waals surface area contributed by atoms with Crippen molar-refractivity contribution >= 4 is 33.2 Å². The molecule has 0 aromatic heterocycles. The van der Waals surface area contributed by atoms with Crippen molar-refractivity contribution in [3.8, 4) is 5.75 Å². The highest BCUT2D eigenvalue weighted by Crippen LogP contribution is 2.45. The van der Waals surface area contributed by atoms with E-state index in [9.17, 15) is 23.4 Å². The van der Waals surface area contributed by atoms with Crippen molar-refractivity contribution in [2.75, 3.05) is 37.7 Å². The number of rotatable bonds is 5. The summed E-state index contributed by atoms with van der Waals surface area (Å²) in [5.74, 6) is -0.242. The minimum Gasteiger partial charge on any atom is -0.487 e. The molecule has 1 fully saturated rings. The lowest BCUT2D eigenvalue weighted by atomic mass is 9.64. The Balaban J connectivity index is 1.57. The third-order valence-corrected chi connectivity index (χ3v) is 12.9. The number of ether oxygens (including phenoxy) is 1. The summed E-state index contributed by atoms with van der Waals surface area (Å²) < 4.78 is 35.6. The molecule has 9 nitrogen and oxygen atoms in total. The highest BCUT2D eigenvalue weighted by atomic mass is 35.5. The van der Waals surface area contributed by atoms with Crippen LogP contribution in [0.4, 0.5) is 5.69 Å². The molecule has 264 valence electrons. The molecule has 0 spiro atoms. The van der Waals surface area contributed by atoms with Crippen molar-refractivity contribution in [2.45, 2.75) is 89.7 Å². The molecule has 2 bridgehead atoms. The van der Waals surface area contributed by atoms with Gasteiger partial charge in [0.05, 0.1) is 23.1 Å². The third kappa shape index (κ3) is 8.38. The van der Waals surface area contributed by atoms with Gasteiger partial charge in [-0.15, -0.1) is 0 Å². The number of benzene rings is 2. The van der Waals surface area contributed by atoms with Crippen molar-refractivity contribution in [1.82, 2.24) is 9.62 Å². The zero-order valence-corrected chi connectivity index (χ0v) is 30.3. The van der Waals surface area contributed by atoms with Crippen LogP contribution in [0.15, 0.2) is 48.6 Å². The van der Waals surface area contributed by atoms with Gasteiger partial charge in [0.1, 0.15) is 12.4 Å². The molecule has 11 heteroatoms. The van der Waals surface area contributed by atoms with Gasteiger partial charge in [-0.3, -0.25) is 9.69 Å². The average Bonchev–Trinajstić information content (AvgIpc) is 3.04. The largest absolute Gasteiger partial charge is 0.487 e. The second-order valence-corrected chi connectivity index (χ2v) is 16.8. The highest BCUT2D eigenvalue weighted by Gasteiger charge is 2.47. The molecular formula is C37H52ClN3O6S. The van der Waals surface area contributed by atoms with Gasteiger partial charge in [0, 0.05) is 42.8 Å². The number of nitrogens with zero attached hydrogens (tertiary/aromatic N) is 2. The number of anilines is 1. The Labute approximate surface area is 291 Å². The monoisotopic (exact) mass is 701 g/mol. The molecule has 48 heavy (non-hydrogen) atoms. The molecule has 2 heterocycles. The van der Waals surface area contributed by atoms with E-state index < -0.39 is 26.8 Å². The molecular weight excluding hydrogens is 650 g/mol. The van der Waals surface area contributed by atoms with E-state index in [1.807, 2.05) is 37.3 Å². The van der Waals surface area contributed by atoms with E-state index in [-0.39, 0.29) is 36.0 Å². The van der Waals surface area contributed by atoms with E-state index in [4.69, 9.17) is 16.3 Å². The van der Waals surface area contributed by atoms with Gasteiger partial charge in [0.25, 0.3) is 5.91 Å². The molecule has 0 unspecified atom stereocenters. The summed E-state index contributed by atoms with van der Waals surface area (Å²) in [6.45, 7) is 10.1. The van der Waals surface area contributed by atoms with Crippen molar-refractivity contribution < 1.29 is 28.2 Å². The number of hydrogen-bond donors (Lipinski definition) is 3. The molecule has 5 rings (SSSR count).